The molecule has 1 atom stereocenters. The van der Waals surface area contributed by atoms with E-state index in [0.29, 0.717) is 25.3 Å². The lowest BCUT2D eigenvalue weighted by Crippen LogP contribution is -2.31. The summed E-state index contributed by atoms with van der Waals surface area (Å²) >= 11 is 0. The number of nitrogens with zero attached hydrogens (tertiary/aromatic N) is 3. The van der Waals surface area contributed by atoms with Crippen molar-refractivity contribution in [3.05, 3.63) is 24.0 Å². The van der Waals surface area contributed by atoms with E-state index in [2.05, 4.69) is 9.97 Å². The SMILES string of the molecule is O=S(=O)(C1CC1)N1CCC(c2ncc(F)cn2)C1. The Morgan fingerprint density at radius 1 is 1.22 bits per heavy atom. The summed E-state index contributed by atoms with van der Waals surface area (Å²) in [5.74, 6) is 0.0447. The molecule has 0 N–H and O–H groups in total. The number of sulfonamides is 1. The highest BCUT2D eigenvalue weighted by Gasteiger charge is 2.43. The Hall–Kier alpha value is -1.08. The van der Waals surface area contributed by atoms with Crippen LogP contribution in [0.3, 0.4) is 0 Å². The van der Waals surface area contributed by atoms with Crippen molar-refractivity contribution in [3.63, 3.8) is 0 Å². The molecule has 0 bridgehead atoms. The van der Waals surface area contributed by atoms with E-state index < -0.39 is 15.8 Å². The molecule has 2 fully saturated rings. The van der Waals surface area contributed by atoms with Gasteiger partial charge in [0.2, 0.25) is 10.0 Å². The molecule has 0 radical (unpaired) electrons. The highest BCUT2D eigenvalue weighted by atomic mass is 32.2. The third-order valence-electron chi connectivity index (χ3n) is 3.46. The van der Waals surface area contributed by atoms with Crippen molar-refractivity contribution in [2.45, 2.75) is 30.4 Å². The fraction of sp³-hybridized carbons (Fsp3) is 0.636. The summed E-state index contributed by atoms with van der Waals surface area (Å²) in [6.07, 6.45) is 4.51. The van der Waals surface area contributed by atoms with Crippen LogP contribution in [0, 0.1) is 5.82 Å². The van der Waals surface area contributed by atoms with Crippen molar-refractivity contribution in [2.75, 3.05) is 13.1 Å². The minimum atomic E-state index is -3.11. The molecule has 1 saturated carbocycles. The quantitative estimate of drug-likeness (QED) is 0.819. The molecule has 2 aliphatic rings. The number of hydrogen-bond acceptors (Lipinski definition) is 4. The second kappa shape index (κ2) is 4.24. The van der Waals surface area contributed by atoms with Crippen LogP contribution in [0.25, 0.3) is 0 Å². The van der Waals surface area contributed by atoms with Crippen molar-refractivity contribution >= 4 is 10.0 Å². The predicted octanol–water partition coefficient (Wildman–Crippen LogP) is 0.897. The van der Waals surface area contributed by atoms with E-state index in [1.54, 1.807) is 0 Å². The fourth-order valence-corrected chi connectivity index (χ4v) is 4.18. The lowest BCUT2D eigenvalue weighted by atomic mass is 10.1. The third kappa shape index (κ3) is 2.12. The molecule has 1 aliphatic carbocycles. The molecule has 1 aromatic heterocycles. The van der Waals surface area contributed by atoms with Crippen LogP contribution in [0.4, 0.5) is 4.39 Å². The molecule has 3 rings (SSSR count). The highest BCUT2D eigenvalue weighted by molar-refractivity contribution is 7.90. The van der Waals surface area contributed by atoms with Gasteiger partial charge >= 0.3 is 0 Å². The molecule has 5 nitrogen and oxygen atoms in total. The van der Waals surface area contributed by atoms with Crippen LogP contribution >= 0.6 is 0 Å². The van der Waals surface area contributed by atoms with Crippen LogP contribution in [0.5, 0.6) is 0 Å². The molecule has 2 heterocycles. The Labute approximate surface area is 105 Å². The highest BCUT2D eigenvalue weighted by Crippen LogP contribution is 2.35. The first-order valence-corrected chi connectivity index (χ1v) is 7.54. The second-order valence-corrected chi connectivity index (χ2v) is 7.06. The van der Waals surface area contributed by atoms with Crippen LogP contribution in [0.1, 0.15) is 31.0 Å². The average Bonchev–Trinajstić information content (AvgIpc) is 3.09. The van der Waals surface area contributed by atoms with Gasteiger partial charge in [0.25, 0.3) is 0 Å². The standard InChI is InChI=1S/C11H14FN3O2S/c12-9-5-13-11(14-6-9)8-3-4-15(7-8)18(16,17)10-1-2-10/h5-6,8,10H,1-4,7H2. The van der Waals surface area contributed by atoms with Gasteiger partial charge in [-0.3, -0.25) is 0 Å². The largest absolute Gasteiger partial charge is 0.238 e. The number of hydrogen-bond donors (Lipinski definition) is 0. The van der Waals surface area contributed by atoms with Gasteiger partial charge in [0.05, 0.1) is 17.6 Å². The summed E-state index contributed by atoms with van der Waals surface area (Å²) < 4.78 is 38.4. The maximum Gasteiger partial charge on any atom is 0.217 e. The van der Waals surface area contributed by atoms with Gasteiger partial charge in [-0.05, 0) is 19.3 Å². The zero-order chi connectivity index (χ0) is 12.8. The van der Waals surface area contributed by atoms with Crippen molar-refractivity contribution < 1.29 is 12.8 Å². The molecular formula is C11H14FN3O2S. The maximum absolute atomic E-state index is 12.7. The zero-order valence-corrected chi connectivity index (χ0v) is 10.6. The average molecular weight is 271 g/mol. The van der Waals surface area contributed by atoms with Gasteiger partial charge in [-0.1, -0.05) is 0 Å². The van der Waals surface area contributed by atoms with E-state index in [9.17, 15) is 12.8 Å². The summed E-state index contributed by atoms with van der Waals surface area (Å²) in [4.78, 5) is 7.86. The summed E-state index contributed by atoms with van der Waals surface area (Å²) in [5.41, 5.74) is 0. The van der Waals surface area contributed by atoms with E-state index in [4.69, 9.17) is 0 Å². The van der Waals surface area contributed by atoms with Crippen molar-refractivity contribution in [1.82, 2.24) is 14.3 Å². The van der Waals surface area contributed by atoms with E-state index in [1.807, 2.05) is 0 Å². The Balaban J connectivity index is 1.73. The molecule has 0 spiro atoms. The van der Waals surface area contributed by atoms with Crippen LogP contribution < -0.4 is 0 Å². The van der Waals surface area contributed by atoms with E-state index >= 15 is 0 Å². The number of rotatable bonds is 3. The van der Waals surface area contributed by atoms with Gasteiger partial charge in [-0.2, -0.15) is 0 Å². The van der Waals surface area contributed by atoms with Gasteiger partial charge in [-0.15, -0.1) is 0 Å². The normalized spacial score (nSPS) is 25.5. The molecule has 1 aromatic rings. The topological polar surface area (TPSA) is 63.2 Å². The number of aromatic nitrogens is 2. The minimum Gasteiger partial charge on any atom is -0.238 e. The summed E-state index contributed by atoms with van der Waals surface area (Å²) in [6.45, 7) is 0.939. The van der Waals surface area contributed by atoms with Crippen LogP contribution in [0.15, 0.2) is 12.4 Å². The first kappa shape index (κ1) is 12.0. The molecule has 98 valence electrons. The maximum atomic E-state index is 12.7. The first-order valence-electron chi connectivity index (χ1n) is 6.04. The van der Waals surface area contributed by atoms with Gasteiger partial charge in [-0.25, -0.2) is 27.1 Å². The zero-order valence-electron chi connectivity index (χ0n) is 9.79. The smallest absolute Gasteiger partial charge is 0.217 e. The fourth-order valence-electron chi connectivity index (χ4n) is 2.28. The van der Waals surface area contributed by atoms with Gasteiger partial charge in [0, 0.05) is 19.0 Å². The van der Waals surface area contributed by atoms with Crippen LogP contribution in [0.2, 0.25) is 0 Å². The van der Waals surface area contributed by atoms with Crippen molar-refractivity contribution in [1.29, 1.82) is 0 Å². The third-order valence-corrected chi connectivity index (χ3v) is 5.83. The first-order chi connectivity index (χ1) is 8.57. The van der Waals surface area contributed by atoms with Crippen LogP contribution in [-0.4, -0.2) is 41.0 Å². The monoisotopic (exact) mass is 271 g/mol. The number of halogens is 1. The van der Waals surface area contributed by atoms with Gasteiger partial charge < -0.3 is 0 Å². The molecular weight excluding hydrogens is 257 g/mol. The van der Waals surface area contributed by atoms with Gasteiger partial charge in [0.1, 0.15) is 5.82 Å². The molecule has 7 heteroatoms. The summed E-state index contributed by atoms with van der Waals surface area (Å²) in [6, 6.07) is 0. The molecule has 0 aromatic carbocycles. The van der Waals surface area contributed by atoms with Gasteiger partial charge in [0.15, 0.2) is 5.82 Å². The Morgan fingerprint density at radius 2 is 1.89 bits per heavy atom. The van der Waals surface area contributed by atoms with Crippen molar-refractivity contribution in [3.8, 4) is 0 Å². The van der Waals surface area contributed by atoms with Crippen molar-refractivity contribution in [2.24, 2.45) is 0 Å². The summed E-state index contributed by atoms with van der Waals surface area (Å²) in [5, 5.41) is -0.176. The Kier molecular flexibility index (Phi) is 2.82. The minimum absolute atomic E-state index is 0.0147. The Morgan fingerprint density at radius 3 is 2.50 bits per heavy atom. The predicted molar refractivity (Wildman–Crippen MR) is 62.9 cm³/mol. The second-order valence-electron chi connectivity index (χ2n) is 4.85. The van der Waals surface area contributed by atoms with Crippen LogP contribution in [-0.2, 0) is 10.0 Å². The van der Waals surface area contributed by atoms with E-state index in [-0.39, 0.29) is 11.2 Å². The molecule has 1 saturated heterocycles. The molecule has 0 amide bonds. The molecule has 1 unspecified atom stereocenters. The lowest BCUT2D eigenvalue weighted by Gasteiger charge is -2.15. The summed E-state index contributed by atoms with van der Waals surface area (Å²) in [7, 11) is -3.11. The van der Waals surface area contributed by atoms with E-state index in [1.165, 1.54) is 4.31 Å². The molecule has 1 aliphatic heterocycles. The lowest BCUT2D eigenvalue weighted by molar-refractivity contribution is 0.469. The Bertz CT molecular complexity index is 542. The van der Waals surface area contributed by atoms with E-state index in [0.717, 1.165) is 25.2 Å². The molecule has 18 heavy (non-hydrogen) atoms.